The molecule has 0 aliphatic carbocycles. The van der Waals surface area contributed by atoms with Crippen LogP contribution in [0.4, 0.5) is 0 Å². The Labute approximate surface area is 109 Å². The summed E-state index contributed by atoms with van der Waals surface area (Å²) in [6.07, 6.45) is 3.77. The van der Waals surface area contributed by atoms with E-state index >= 15 is 0 Å². The van der Waals surface area contributed by atoms with E-state index in [-0.39, 0.29) is 0 Å². The molecule has 0 saturated heterocycles. The number of nitrogens with zero attached hydrogens (tertiary/aromatic N) is 1. The lowest BCUT2D eigenvalue weighted by Gasteiger charge is -2.13. The number of pyridine rings is 1. The van der Waals surface area contributed by atoms with Crippen molar-refractivity contribution < 1.29 is 0 Å². The number of aromatic nitrogens is 1. The van der Waals surface area contributed by atoms with Crippen molar-refractivity contribution in [1.29, 1.82) is 0 Å². The van der Waals surface area contributed by atoms with Gasteiger partial charge in [-0.15, -0.1) is 0 Å². The van der Waals surface area contributed by atoms with Crippen LogP contribution in [0.2, 0.25) is 0 Å². The van der Waals surface area contributed by atoms with Gasteiger partial charge in [-0.25, -0.2) is 0 Å². The molecule has 1 N–H and O–H groups in total. The van der Waals surface area contributed by atoms with Crippen molar-refractivity contribution in [2.24, 2.45) is 0 Å². The Hall–Kier alpha value is -1.67. The highest BCUT2D eigenvalue weighted by Gasteiger charge is 2.04. The highest BCUT2D eigenvalue weighted by Crippen LogP contribution is 2.13. The number of aryl methyl sites for hydroxylation is 1. The van der Waals surface area contributed by atoms with Gasteiger partial charge in [0.1, 0.15) is 0 Å². The smallest absolute Gasteiger partial charge is 0.0300 e. The van der Waals surface area contributed by atoms with E-state index < -0.39 is 0 Å². The summed E-state index contributed by atoms with van der Waals surface area (Å²) in [4.78, 5) is 4.11. The van der Waals surface area contributed by atoms with Crippen molar-refractivity contribution in [2.45, 2.75) is 26.3 Å². The molecule has 94 valence electrons. The zero-order valence-electron chi connectivity index (χ0n) is 11.1. The molecule has 0 spiro atoms. The van der Waals surface area contributed by atoms with E-state index in [4.69, 9.17) is 0 Å². The Morgan fingerprint density at radius 3 is 2.67 bits per heavy atom. The van der Waals surface area contributed by atoms with Crippen LogP contribution >= 0.6 is 0 Å². The van der Waals surface area contributed by atoms with Crippen LogP contribution in [0.5, 0.6) is 0 Å². The van der Waals surface area contributed by atoms with Crippen molar-refractivity contribution in [3.8, 4) is 0 Å². The third-order valence-electron chi connectivity index (χ3n) is 3.27. The molecule has 2 heteroatoms. The summed E-state index contributed by atoms with van der Waals surface area (Å²) in [5, 5.41) is 3.51. The number of hydrogen-bond acceptors (Lipinski definition) is 2. The number of benzene rings is 1. The first-order valence-electron chi connectivity index (χ1n) is 6.42. The van der Waals surface area contributed by atoms with Crippen LogP contribution < -0.4 is 5.32 Å². The van der Waals surface area contributed by atoms with Crippen molar-refractivity contribution in [3.05, 3.63) is 65.5 Å². The van der Waals surface area contributed by atoms with Gasteiger partial charge in [-0.3, -0.25) is 4.98 Å². The molecule has 0 fully saturated rings. The summed E-state index contributed by atoms with van der Waals surface area (Å²) in [5.41, 5.74) is 3.96. The van der Waals surface area contributed by atoms with E-state index in [1.165, 1.54) is 16.7 Å². The van der Waals surface area contributed by atoms with Gasteiger partial charge in [0.25, 0.3) is 0 Å². The van der Waals surface area contributed by atoms with E-state index in [0.717, 1.165) is 13.1 Å². The van der Waals surface area contributed by atoms with Crippen LogP contribution in [0.3, 0.4) is 0 Å². The fourth-order valence-electron chi connectivity index (χ4n) is 2.02. The average molecular weight is 240 g/mol. The highest BCUT2D eigenvalue weighted by molar-refractivity contribution is 5.22. The van der Waals surface area contributed by atoms with Gasteiger partial charge in [-0.1, -0.05) is 37.3 Å². The van der Waals surface area contributed by atoms with Crippen LogP contribution in [0.1, 0.15) is 29.5 Å². The van der Waals surface area contributed by atoms with Crippen LogP contribution in [0.25, 0.3) is 0 Å². The Bertz CT molecular complexity index is 479. The molecule has 0 aliphatic rings. The maximum Gasteiger partial charge on any atom is 0.0300 e. The van der Waals surface area contributed by atoms with Crippen molar-refractivity contribution in [3.63, 3.8) is 0 Å². The summed E-state index contributed by atoms with van der Waals surface area (Å²) in [7, 11) is 0. The molecule has 1 unspecified atom stereocenters. The summed E-state index contributed by atoms with van der Waals surface area (Å²) < 4.78 is 0. The zero-order valence-corrected chi connectivity index (χ0v) is 11.1. The highest BCUT2D eigenvalue weighted by atomic mass is 14.9. The molecule has 0 radical (unpaired) electrons. The van der Waals surface area contributed by atoms with Crippen LogP contribution in [0.15, 0.2) is 48.8 Å². The standard InChI is InChI=1S/C16H20N2/c1-13(15-6-4-3-5-7-15)11-18-12-16-8-9-17-10-14(16)2/h3-10,13,18H,11-12H2,1-2H3. The Morgan fingerprint density at radius 1 is 1.17 bits per heavy atom. The molecule has 1 heterocycles. The lowest BCUT2D eigenvalue weighted by atomic mass is 10.0. The SMILES string of the molecule is Cc1cnccc1CNCC(C)c1ccccc1. The third kappa shape index (κ3) is 3.41. The third-order valence-corrected chi connectivity index (χ3v) is 3.27. The van der Waals surface area contributed by atoms with Crippen LogP contribution in [-0.4, -0.2) is 11.5 Å². The monoisotopic (exact) mass is 240 g/mol. The molecule has 1 aromatic heterocycles. The molecule has 0 amide bonds. The van der Waals surface area contributed by atoms with Gasteiger partial charge in [0.15, 0.2) is 0 Å². The van der Waals surface area contributed by atoms with Crippen molar-refractivity contribution in [1.82, 2.24) is 10.3 Å². The first-order valence-corrected chi connectivity index (χ1v) is 6.42. The molecule has 1 aromatic carbocycles. The van der Waals surface area contributed by atoms with E-state index in [0.29, 0.717) is 5.92 Å². The zero-order chi connectivity index (χ0) is 12.8. The molecule has 2 rings (SSSR count). The van der Waals surface area contributed by atoms with Crippen molar-refractivity contribution >= 4 is 0 Å². The summed E-state index contributed by atoms with van der Waals surface area (Å²) in [5.74, 6) is 0.536. The fourth-order valence-corrected chi connectivity index (χ4v) is 2.02. The number of hydrogen-bond donors (Lipinski definition) is 1. The van der Waals surface area contributed by atoms with Gasteiger partial charge in [0, 0.05) is 25.5 Å². The second-order valence-corrected chi connectivity index (χ2v) is 4.74. The van der Waals surface area contributed by atoms with Crippen LogP contribution in [-0.2, 0) is 6.54 Å². The molecule has 0 saturated carbocycles. The summed E-state index contributed by atoms with van der Waals surface area (Å²) >= 11 is 0. The maximum absolute atomic E-state index is 4.11. The second-order valence-electron chi connectivity index (χ2n) is 4.74. The first-order chi connectivity index (χ1) is 8.77. The minimum Gasteiger partial charge on any atom is -0.312 e. The largest absolute Gasteiger partial charge is 0.312 e. The average Bonchev–Trinajstić information content (AvgIpc) is 2.42. The van der Waals surface area contributed by atoms with Gasteiger partial charge < -0.3 is 5.32 Å². The maximum atomic E-state index is 4.11. The lowest BCUT2D eigenvalue weighted by molar-refractivity contribution is 0.613. The molecule has 2 aromatic rings. The van der Waals surface area contributed by atoms with E-state index in [9.17, 15) is 0 Å². The minimum absolute atomic E-state index is 0.536. The Morgan fingerprint density at radius 2 is 1.94 bits per heavy atom. The lowest BCUT2D eigenvalue weighted by Crippen LogP contribution is -2.20. The minimum atomic E-state index is 0.536. The Kier molecular flexibility index (Phi) is 4.48. The van der Waals surface area contributed by atoms with Gasteiger partial charge in [-0.2, -0.15) is 0 Å². The molecule has 0 bridgehead atoms. The molecule has 1 atom stereocenters. The predicted molar refractivity (Wildman–Crippen MR) is 75.5 cm³/mol. The first kappa shape index (κ1) is 12.8. The molecule has 18 heavy (non-hydrogen) atoms. The van der Waals surface area contributed by atoms with E-state index in [1.54, 1.807) is 0 Å². The van der Waals surface area contributed by atoms with Gasteiger partial charge in [-0.05, 0) is 35.6 Å². The van der Waals surface area contributed by atoms with Gasteiger partial charge in [0.2, 0.25) is 0 Å². The molecule has 0 aliphatic heterocycles. The summed E-state index contributed by atoms with van der Waals surface area (Å²) in [6.45, 7) is 6.25. The van der Waals surface area contributed by atoms with E-state index in [2.05, 4.69) is 60.5 Å². The summed E-state index contributed by atoms with van der Waals surface area (Å²) in [6, 6.07) is 12.7. The topological polar surface area (TPSA) is 24.9 Å². The predicted octanol–water partition coefficient (Wildman–Crippen LogP) is 3.28. The van der Waals surface area contributed by atoms with Gasteiger partial charge in [0.05, 0.1) is 0 Å². The molecular formula is C16H20N2. The molecular weight excluding hydrogens is 220 g/mol. The number of nitrogens with one attached hydrogen (secondary N) is 1. The quantitative estimate of drug-likeness (QED) is 0.867. The van der Waals surface area contributed by atoms with Gasteiger partial charge >= 0.3 is 0 Å². The van der Waals surface area contributed by atoms with Crippen molar-refractivity contribution in [2.75, 3.05) is 6.54 Å². The number of rotatable bonds is 5. The Balaban J connectivity index is 1.84. The normalized spacial score (nSPS) is 12.3. The molecule has 2 nitrogen and oxygen atoms in total. The van der Waals surface area contributed by atoms with E-state index in [1.807, 2.05) is 12.4 Å². The second kappa shape index (κ2) is 6.31. The van der Waals surface area contributed by atoms with Crippen LogP contribution in [0, 0.1) is 6.92 Å². The fraction of sp³-hybridized carbons (Fsp3) is 0.312.